The van der Waals surface area contributed by atoms with E-state index in [1.54, 1.807) is 0 Å². The van der Waals surface area contributed by atoms with Crippen molar-refractivity contribution in [1.82, 2.24) is 9.13 Å². The van der Waals surface area contributed by atoms with Crippen LogP contribution in [0.15, 0.2) is 158 Å². The number of para-hydroxylation sites is 5. The molecule has 0 N–H and O–H groups in total. The van der Waals surface area contributed by atoms with Crippen LogP contribution in [-0.4, -0.2) is 9.13 Å². The van der Waals surface area contributed by atoms with Gasteiger partial charge in [-0.2, -0.15) is 5.26 Å². The SMILES string of the molecule is [C-]#[N+]c1cccc(-c2ccc(C#N)cc2-c2cccc(-n3c4ccccc4c4ccccc43)c2)c1-n1c2ccccc2c2ccccc21. The zero-order chi connectivity index (χ0) is 32.2. The molecule has 0 amide bonds. The summed E-state index contributed by atoms with van der Waals surface area (Å²) < 4.78 is 4.54. The van der Waals surface area contributed by atoms with Crippen molar-refractivity contribution in [1.29, 1.82) is 5.26 Å². The number of hydrogen-bond donors (Lipinski definition) is 0. The second-order valence-electron chi connectivity index (χ2n) is 11.9. The predicted octanol–water partition coefficient (Wildman–Crippen LogP) is 11.6. The molecule has 9 rings (SSSR count). The van der Waals surface area contributed by atoms with Crippen LogP contribution >= 0.6 is 0 Å². The van der Waals surface area contributed by atoms with Crippen LogP contribution in [0.25, 0.3) is 82.1 Å². The lowest BCUT2D eigenvalue weighted by Gasteiger charge is -2.19. The molecule has 7 aromatic carbocycles. The van der Waals surface area contributed by atoms with Crippen LogP contribution in [0, 0.1) is 17.9 Å². The Balaban J connectivity index is 1.32. The Labute approximate surface area is 277 Å². The molecule has 0 bridgehead atoms. The van der Waals surface area contributed by atoms with Crippen LogP contribution in [0.4, 0.5) is 5.69 Å². The molecule has 0 spiro atoms. The van der Waals surface area contributed by atoms with Crippen molar-refractivity contribution in [3.05, 3.63) is 175 Å². The third-order valence-corrected chi connectivity index (χ3v) is 9.37. The zero-order valence-corrected chi connectivity index (χ0v) is 25.8. The van der Waals surface area contributed by atoms with E-state index in [9.17, 15) is 5.26 Å². The lowest BCUT2D eigenvalue weighted by Crippen LogP contribution is -1.99. The highest BCUT2D eigenvalue weighted by Crippen LogP contribution is 2.44. The van der Waals surface area contributed by atoms with E-state index in [0.717, 1.165) is 66.5 Å². The van der Waals surface area contributed by atoms with Gasteiger partial charge in [-0.25, -0.2) is 4.85 Å². The van der Waals surface area contributed by atoms with Crippen molar-refractivity contribution < 1.29 is 0 Å². The number of fused-ring (bicyclic) bond motifs is 6. The summed E-state index contributed by atoms with van der Waals surface area (Å²) in [4.78, 5) is 4.04. The van der Waals surface area contributed by atoms with Gasteiger partial charge in [-0.3, -0.25) is 0 Å². The van der Waals surface area contributed by atoms with Gasteiger partial charge in [0.1, 0.15) is 0 Å². The molecule has 222 valence electrons. The topological polar surface area (TPSA) is 38.0 Å². The Kier molecular flexibility index (Phi) is 6.22. The van der Waals surface area contributed by atoms with E-state index < -0.39 is 0 Å². The van der Waals surface area contributed by atoms with Gasteiger partial charge in [-0.15, -0.1) is 0 Å². The molecule has 4 heteroatoms. The van der Waals surface area contributed by atoms with Crippen molar-refractivity contribution in [3.63, 3.8) is 0 Å². The second-order valence-corrected chi connectivity index (χ2v) is 11.9. The van der Waals surface area contributed by atoms with Gasteiger partial charge >= 0.3 is 0 Å². The number of nitrogens with zero attached hydrogens (tertiary/aromatic N) is 4. The minimum Gasteiger partial charge on any atom is -0.318 e. The summed E-state index contributed by atoms with van der Waals surface area (Å²) >= 11 is 0. The lowest BCUT2D eigenvalue weighted by atomic mass is 9.91. The van der Waals surface area contributed by atoms with Crippen molar-refractivity contribution in [2.24, 2.45) is 0 Å². The molecule has 0 saturated carbocycles. The van der Waals surface area contributed by atoms with Crippen molar-refractivity contribution in [2.75, 3.05) is 0 Å². The first-order valence-electron chi connectivity index (χ1n) is 15.9. The van der Waals surface area contributed by atoms with E-state index in [2.05, 4.69) is 135 Å². The van der Waals surface area contributed by atoms with E-state index in [1.807, 2.05) is 42.5 Å². The quantitative estimate of drug-likeness (QED) is 0.183. The molecule has 2 heterocycles. The lowest BCUT2D eigenvalue weighted by molar-refractivity contribution is 1.18. The van der Waals surface area contributed by atoms with E-state index in [-0.39, 0.29) is 0 Å². The summed E-state index contributed by atoms with van der Waals surface area (Å²) in [5.41, 5.74) is 11.2. The number of rotatable bonds is 4. The highest BCUT2D eigenvalue weighted by molar-refractivity contribution is 6.11. The van der Waals surface area contributed by atoms with Gasteiger partial charge in [0.15, 0.2) is 0 Å². The summed E-state index contributed by atoms with van der Waals surface area (Å²) in [6.07, 6.45) is 0. The van der Waals surface area contributed by atoms with E-state index in [4.69, 9.17) is 6.57 Å². The molecule has 4 nitrogen and oxygen atoms in total. The third-order valence-electron chi connectivity index (χ3n) is 9.37. The van der Waals surface area contributed by atoms with Gasteiger partial charge in [0.2, 0.25) is 5.69 Å². The summed E-state index contributed by atoms with van der Waals surface area (Å²) in [5, 5.41) is 14.7. The van der Waals surface area contributed by atoms with Gasteiger partial charge in [-0.05, 0) is 70.8 Å². The van der Waals surface area contributed by atoms with Crippen LogP contribution in [-0.2, 0) is 0 Å². The Hall–Kier alpha value is -6.88. The second kappa shape index (κ2) is 10.9. The van der Waals surface area contributed by atoms with Gasteiger partial charge in [0, 0.05) is 27.2 Å². The molecule has 0 saturated heterocycles. The van der Waals surface area contributed by atoms with Crippen LogP contribution in [0.2, 0.25) is 0 Å². The molecule has 9 aromatic rings. The number of aromatic nitrogens is 2. The van der Waals surface area contributed by atoms with E-state index in [0.29, 0.717) is 11.3 Å². The first kappa shape index (κ1) is 27.4. The highest BCUT2D eigenvalue weighted by atomic mass is 15.0. The molecule has 0 radical (unpaired) electrons. The summed E-state index contributed by atoms with van der Waals surface area (Å²) in [6, 6.07) is 56.4. The van der Waals surface area contributed by atoms with Crippen LogP contribution in [0.1, 0.15) is 5.56 Å². The van der Waals surface area contributed by atoms with Gasteiger partial charge in [0.25, 0.3) is 0 Å². The Bertz CT molecular complexity index is 2710. The van der Waals surface area contributed by atoms with Crippen LogP contribution in [0.5, 0.6) is 0 Å². The first-order valence-corrected chi connectivity index (χ1v) is 15.9. The molecular weight excluding hydrogens is 585 g/mol. The highest BCUT2D eigenvalue weighted by Gasteiger charge is 2.21. The molecule has 0 unspecified atom stereocenters. The predicted molar refractivity (Wildman–Crippen MR) is 197 cm³/mol. The molecular formula is C44H26N4. The molecule has 0 atom stereocenters. The maximum atomic E-state index is 10.0. The monoisotopic (exact) mass is 610 g/mol. The molecule has 48 heavy (non-hydrogen) atoms. The largest absolute Gasteiger partial charge is 0.318 e. The van der Waals surface area contributed by atoms with Crippen molar-refractivity contribution in [3.8, 4) is 39.7 Å². The molecule has 0 aliphatic heterocycles. The molecule has 2 aromatic heterocycles. The van der Waals surface area contributed by atoms with Gasteiger partial charge in [-0.1, -0.05) is 109 Å². The number of benzene rings is 7. The van der Waals surface area contributed by atoms with Crippen LogP contribution in [0.3, 0.4) is 0 Å². The smallest absolute Gasteiger partial charge is 0.211 e. The summed E-state index contributed by atoms with van der Waals surface area (Å²) in [5.74, 6) is 0. The molecule has 0 fully saturated rings. The average Bonchev–Trinajstić information content (AvgIpc) is 3.67. The van der Waals surface area contributed by atoms with Crippen molar-refractivity contribution >= 4 is 49.3 Å². The Morgan fingerprint density at radius 3 is 1.58 bits per heavy atom. The van der Waals surface area contributed by atoms with E-state index in [1.165, 1.54) is 10.8 Å². The van der Waals surface area contributed by atoms with E-state index >= 15 is 0 Å². The van der Waals surface area contributed by atoms with Gasteiger partial charge < -0.3 is 9.13 Å². The standard InChI is InChI=1S/C44H26N4/c1-46-39-19-11-18-37(44(39)48-42-22-8-4-16-35(42)36-17-5-9-23-43(36)48)32-25-24-29(28-45)26-38(32)30-12-10-13-31(27-30)47-40-20-6-2-14-33(40)34-15-3-7-21-41(34)47/h2-27H. The third kappa shape index (κ3) is 4.07. The maximum absolute atomic E-state index is 10.0. The first-order chi connectivity index (χ1) is 23.7. The molecule has 0 aliphatic rings. The van der Waals surface area contributed by atoms with Crippen LogP contribution < -0.4 is 0 Å². The summed E-state index contributed by atoms with van der Waals surface area (Å²) in [6.45, 7) is 8.25. The van der Waals surface area contributed by atoms with Gasteiger partial charge in [0.05, 0.1) is 46.0 Å². The minimum atomic E-state index is 0.563. The fourth-order valence-corrected chi connectivity index (χ4v) is 7.34. The molecule has 0 aliphatic carbocycles. The average molecular weight is 611 g/mol. The number of hydrogen-bond acceptors (Lipinski definition) is 1. The minimum absolute atomic E-state index is 0.563. The zero-order valence-electron chi connectivity index (χ0n) is 25.8. The van der Waals surface area contributed by atoms with Crippen molar-refractivity contribution in [2.45, 2.75) is 0 Å². The fourth-order valence-electron chi connectivity index (χ4n) is 7.34. The Morgan fingerprint density at radius 1 is 0.479 bits per heavy atom. The fraction of sp³-hybridized carbons (Fsp3) is 0. The normalized spacial score (nSPS) is 11.3. The Morgan fingerprint density at radius 2 is 1.02 bits per heavy atom. The summed E-state index contributed by atoms with van der Waals surface area (Å²) in [7, 11) is 0. The maximum Gasteiger partial charge on any atom is 0.211 e. The number of nitriles is 1.